The summed E-state index contributed by atoms with van der Waals surface area (Å²) in [6.07, 6.45) is 0. The van der Waals surface area contributed by atoms with E-state index in [0.717, 1.165) is 28.0 Å². The summed E-state index contributed by atoms with van der Waals surface area (Å²) in [6, 6.07) is 32.0. The minimum absolute atomic E-state index is 0.0222. The summed E-state index contributed by atoms with van der Waals surface area (Å²) in [5.41, 5.74) is 5.86. The molecule has 0 bridgehead atoms. The summed E-state index contributed by atoms with van der Waals surface area (Å²) in [5.74, 6) is 1.38. The van der Waals surface area contributed by atoms with Gasteiger partial charge in [0.1, 0.15) is 37.0 Å². The maximum Gasteiger partial charge on any atom is 0.260 e. The Morgan fingerprint density at radius 2 is 1.07 bits per heavy atom. The molecule has 0 spiro atoms. The van der Waals surface area contributed by atoms with Crippen molar-refractivity contribution in [1.29, 1.82) is 0 Å². The van der Waals surface area contributed by atoms with Gasteiger partial charge in [0.15, 0.2) is 0 Å². The first-order valence-electron chi connectivity index (χ1n) is 17.3. The summed E-state index contributed by atoms with van der Waals surface area (Å²) in [4.78, 5) is 32.2. The molecular formula is C44H37ClN2O6S2. The second-order valence-electron chi connectivity index (χ2n) is 13.8. The largest absolute Gasteiger partial charge is 0.506 e. The summed E-state index contributed by atoms with van der Waals surface area (Å²) >= 11 is 9.20. The van der Waals surface area contributed by atoms with Gasteiger partial charge in [0, 0.05) is 16.5 Å². The molecule has 55 heavy (non-hydrogen) atoms. The molecule has 8 aromatic rings. The highest BCUT2D eigenvalue weighted by Gasteiger charge is 2.23. The lowest BCUT2D eigenvalue weighted by Crippen LogP contribution is -2.10. The molecule has 8 rings (SSSR count). The van der Waals surface area contributed by atoms with E-state index in [9.17, 15) is 19.8 Å². The Morgan fingerprint density at radius 3 is 1.62 bits per heavy atom. The van der Waals surface area contributed by atoms with Gasteiger partial charge in [0.25, 0.3) is 11.1 Å². The zero-order valence-corrected chi connectivity index (χ0v) is 33.0. The Kier molecular flexibility index (Phi) is 10.3. The van der Waals surface area contributed by atoms with Crippen LogP contribution in [0.15, 0.2) is 118 Å². The number of benzene rings is 4. The number of aromatic amines is 2. The Bertz CT molecular complexity index is 2760. The van der Waals surface area contributed by atoms with Crippen molar-refractivity contribution in [2.24, 2.45) is 0 Å². The van der Waals surface area contributed by atoms with Crippen molar-refractivity contribution in [3.05, 3.63) is 139 Å². The van der Waals surface area contributed by atoms with Gasteiger partial charge in [-0.15, -0.1) is 22.7 Å². The van der Waals surface area contributed by atoms with Gasteiger partial charge in [-0.3, -0.25) is 9.59 Å². The summed E-state index contributed by atoms with van der Waals surface area (Å²) in [7, 11) is 3.20. The number of fused-ring (bicyclic) bond motifs is 2. The molecule has 0 fully saturated rings. The fourth-order valence-corrected chi connectivity index (χ4v) is 8.82. The zero-order chi connectivity index (χ0) is 39.0. The molecule has 0 aliphatic carbocycles. The summed E-state index contributed by atoms with van der Waals surface area (Å²) in [5, 5.41) is 25.2. The van der Waals surface area contributed by atoms with Crippen LogP contribution in [0.3, 0.4) is 0 Å². The standard InChI is InChI=1S/C23H20ClNO2S.C21H17NO4S/c1-23(2,3)15-11-9-14(10-12-15)16-18-19(26)17(13-7-5-4-6-8-13)21(27)25-22(18)28-20(16)24;1-25-14-7-3-12(4-8-14)16-11-27-21-18(16)19(23)17(20(24)22-21)13-5-9-15(26-2)10-6-13/h4-12H,1-3H3,(H2,25,26,27);3-11H,1-2H3,(H2,22,23,24). The minimum atomic E-state index is -0.330. The third kappa shape index (κ3) is 7.24. The van der Waals surface area contributed by atoms with Crippen LogP contribution >= 0.6 is 34.3 Å². The lowest BCUT2D eigenvalue weighted by atomic mass is 9.86. The van der Waals surface area contributed by atoms with Crippen LogP contribution in [0.1, 0.15) is 26.3 Å². The van der Waals surface area contributed by atoms with Crippen LogP contribution in [0.2, 0.25) is 4.34 Å². The first-order valence-corrected chi connectivity index (χ1v) is 19.4. The Labute approximate surface area is 329 Å². The number of H-pyrrole nitrogens is 2. The third-order valence-corrected chi connectivity index (χ3v) is 11.6. The van der Waals surface area contributed by atoms with E-state index < -0.39 is 0 Å². The minimum Gasteiger partial charge on any atom is -0.506 e. The van der Waals surface area contributed by atoms with Crippen molar-refractivity contribution >= 4 is 54.7 Å². The van der Waals surface area contributed by atoms with Crippen molar-refractivity contribution in [1.82, 2.24) is 9.97 Å². The van der Waals surface area contributed by atoms with Crippen LogP contribution in [-0.4, -0.2) is 34.4 Å². The van der Waals surface area contributed by atoms with Crippen LogP contribution in [-0.2, 0) is 5.41 Å². The van der Waals surface area contributed by atoms with Crippen molar-refractivity contribution in [2.75, 3.05) is 14.2 Å². The molecular weight excluding hydrogens is 752 g/mol. The molecule has 0 aliphatic rings. The van der Waals surface area contributed by atoms with Gasteiger partial charge in [0.05, 0.1) is 36.1 Å². The number of hydrogen-bond acceptors (Lipinski definition) is 8. The number of rotatable bonds is 6. The molecule has 4 aromatic carbocycles. The second-order valence-corrected chi connectivity index (χ2v) is 16.3. The Hall–Kier alpha value is -5.81. The average Bonchev–Trinajstić information content (AvgIpc) is 3.76. The molecule has 4 aromatic heterocycles. The second kappa shape index (κ2) is 15.1. The van der Waals surface area contributed by atoms with Crippen molar-refractivity contribution in [3.63, 3.8) is 0 Å². The first-order chi connectivity index (χ1) is 26.4. The van der Waals surface area contributed by atoms with Crippen LogP contribution in [0.5, 0.6) is 23.0 Å². The maximum absolute atomic E-state index is 12.6. The highest BCUT2D eigenvalue weighted by Crippen LogP contribution is 2.47. The molecule has 0 unspecified atom stereocenters. The first kappa shape index (κ1) is 37.5. The van der Waals surface area contributed by atoms with Gasteiger partial charge in [-0.1, -0.05) is 111 Å². The zero-order valence-electron chi connectivity index (χ0n) is 30.6. The van der Waals surface area contributed by atoms with E-state index in [4.69, 9.17) is 21.1 Å². The molecule has 0 saturated carbocycles. The monoisotopic (exact) mass is 788 g/mol. The van der Waals surface area contributed by atoms with Crippen LogP contribution in [0, 0.1) is 0 Å². The molecule has 11 heteroatoms. The number of ether oxygens (including phenoxy) is 2. The number of hydrogen-bond donors (Lipinski definition) is 4. The van der Waals surface area contributed by atoms with E-state index in [-0.39, 0.29) is 39.2 Å². The smallest absolute Gasteiger partial charge is 0.260 e. The molecule has 4 N–H and O–H groups in total. The predicted molar refractivity (Wildman–Crippen MR) is 227 cm³/mol. The SMILES string of the molecule is CC(C)(C)c1ccc(-c2c(Cl)sc3[nH]c(=O)c(-c4ccccc4)c(O)c23)cc1.COc1ccc(-c2c(O)c3c(-c4ccc(OC)cc4)csc3[nH]c2=O)cc1. The van der Waals surface area contributed by atoms with Gasteiger partial charge >= 0.3 is 0 Å². The highest BCUT2D eigenvalue weighted by atomic mass is 35.5. The van der Waals surface area contributed by atoms with Gasteiger partial charge in [-0.05, 0) is 57.5 Å². The molecule has 0 radical (unpaired) electrons. The topological polar surface area (TPSA) is 125 Å². The van der Waals surface area contributed by atoms with Crippen LogP contribution in [0.4, 0.5) is 0 Å². The summed E-state index contributed by atoms with van der Waals surface area (Å²) in [6.45, 7) is 6.49. The molecule has 0 atom stereocenters. The number of nitrogens with one attached hydrogen (secondary N) is 2. The van der Waals surface area contributed by atoms with Gasteiger partial charge in [-0.2, -0.15) is 0 Å². The molecule has 8 nitrogen and oxygen atoms in total. The van der Waals surface area contributed by atoms with E-state index in [1.54, 1.807) is 38.5 Å². The number of aromatic nitrogens is 2. The third-order valence-electron chi connectivity index (χ3n) is 9.39. The molecule has 0 aliphatic heterocycles. The van der Waals surface area contributed by atoms with E-state index in [1.165, 1.54) is 28.2 Å². The number of thiophene rings is 2. The average molecular weight is 789 g/mol. The highest BCUT2D eigenvalue weighted by molar-refractivity contribution is 7.23. The lowest BCUT2D eigenvalue weighted by Gasteiger charge is -2.19. The fraction of sp³-hybridized carbons (Fsp3) is 0.136. The van der Waals surface area contributed by atoms with E-state index in [0.29, 0.717) is 41.6 Å². The number of halogens is 1. The van der Waals surface area contributed by atoms with Gasteiger partial charge in [-0.25, -0.2) is 0 Å². The predicted octanol–water partition coefficient (Wildman–Crippen LogP) is 11.2. The number of aromatic hydroxyl groups is 2. The van der Waals surface area contributed by atoms with Crippen molar-refractivity contribution < 1.29 is 19.7 Å². The summed E-state index contributed by atoms with van der Waals surface area (Å²) < 4.78 is 10.9. The van der Waals surface area contributed by atoms with Gasteiger partial charge in [0.2, 0.25) is 0 Å². The fourth-order valence-electron chi connectivity index (χ4n) is 6.47. The normalized spacial score (nSPS) is 11.4. The molecule has 4 heterocycles. The lowest BCUT2D eigenvalue weighted by molar-refractivity contribution is 0.414. The Morgan fingerprint density at radius 1 is 0.600 bits per heavy atom. The Balaban J connectivity index is 0.000000169. The number of pyridine rings is 2. The number of methoxy groups -OCH3 is 2. The van der Waals surface area contributed by atoms with Crippen molar-refractivity contribution in [2.45, 2.75) is 26.2 Å². The van der Waals surface area contributed by atoms with Crippen LogP contribution in [0.25, 0.3) is 64.9 Å². The quantitative estimate of drug-likeness (QED) is 0.133. The molecule has 0 amide bonds. The van der Waals surface area contributed by atoms with E-state index in [1.807, 2.05) is 72.1 Å². The van der Waals surface area contributed by atoms with Crippen molar-refractivity contribution in [3.8, 4) is 67.5 Å². The van der Waals surface area contributed by atoms with E-state index >= 15 is 0 Å². The molecule has 278 valence electrons. The van der Waals surface area contributed by atoms with Crippen LogP contribution < -0.4 is 20.6 Å². The van der Waals surface area contributed by atoms with Gasteiger partial charge < -0.3 is 29.7 Å². The molecule has 0 saturated heterocycles. The maximum atomic E-state index is 12.6. The van der Waals surface area contributed by atoms with E-state index in [2.05, 4.69) is 42.9 Å².